The molecule has 138 valence electrons. The maximum absolute atomic E-state index is 12.4. The highest BCUT2D eigenvalue weighted by atomic mass is 16.5. The summed E-state index contributed by atoms with van der Waals surface area (Å²) in [5.41, 5.74) is 3.11. The number of nitrogens with zero attached hydrogens (tertiary/aromatic N) is 1. The maximum atomic E-state index is 12.4. The lowest BCUT2D eigenvalue weighted by atomic mass is 10.2. The van der Waals surface area contributed by atoms with E-state index >= 15 is 0 Å². The Morgan fingerprint density at radius 2 is 1.85 bits per heavy atom. The summed E-state index contributed by atoms with van der Waals surface area (Å²) in [6.45, 7) is 8.22. The second kappa shape index (κ2) is 8.23. The van der Waals surface area contributed by atoms with Gasteiger partial charge in [0.15, 0.2) is 6.10 Å². The number of amides is 1. The van der Waals surface area contributed by atoms with Gasteiger partial charge in [-0.1, -0.05) is 12.1 Å². The van der Waals surface area contributed by atoms with Crippen LogP contribution in [0.2, 0.25) is 0 Å². The number of nitrogens with one attached hydrogen (secondary N) is 2. The van der Waals surface area contributed by atoms with E-state index in [0.717, 1.165) is 37.4 Å². The number of hydrogen-bond acceptors (Lipinski definition) is 3. The first-order valence-corrected chi connectivity index (χ1v) is 9.22. The lowest BCUT2D eigenvalue weighted by molar-refractivity contribution is -0.880. The minimum absolute atomic E-state index is 0.151. The van der Waals surface area contributed by atoms with Crippen LogP contribution in [-0.4, -0.2) is 45.2 Å². The van der Waals surface area contributed by atoms with Crippen LogP contribution >= 0.6 is 0 Å². The Balaban J connectivity index is 1.55. The van der Waals surface area contributed by atoms with Crippen molar-refractivity contribution in [3.8, 4) is 5.75 Å². The summed E-state index contributed by atoms with van der Waals surface area (Å²) in [6.07, 6.45) is -0.558. The average Bonchev–Trinajstić information content (AvgIpc) is 2.63. The number of likely N-dealkylation sites (N-methyl/N-ethyl adjacent to an activating group) is 1. The van der Waals surface area contributed by atoms with Gasteiger partial charge in [0.25, 0.3) is 5.91 Å². The molecule has 1 heterocycles. The van der Waals surface area contributed by atoms with Crippen molar-refractivity contribution in [1.29, 1.82) is 0 Å². The molecule has 0 aliphatic carbocycles. The molecule has 3 rings (SSSR count). The fourth-order valence-electron chi connectivity index (χ4n) is 3.09. The van der Waals surface area contributed by atoms with Crippen LogP contribution in [0, 0.1) is 6.92 Å². The van der Waals surface area contributed by atoms with E-state index in [9.17, 15) is 4.79 Å². The van der Waals surface area contributed by atoms with Crippen LogP contribution in [0.4, 0.5) is 11.4 Å². The summed E-state index contributed by atoms with van der Waals surface area (Å²) >= 11 is 0. The zero-order chi connectivity index (χ0) is 18.5. The number of anilines is 2. The van der Waals surface area contributed by atoms with Gasteiger partial charge in [-0.15, -0.1) is 0 Å². The molecular weight excluding hydrogens is 326 g/mol. The molecule has 2 N–H and O–H groups in total. The highest BCUT2D eigenvalue weighted by Gasteiger charge is 2.18. The molecule has 2 aromatic rings. The van der Waals surface area contributed by atoms with Gasteiger partial charge in [-0.2, -0.15) is 0 Å². The topological polar surface area (TPSA) is 46.0 Å². The van der Waals surface area contributed by atoms with E-state index in [2.05, 4.69) is 29.4 Å². The first-order valence-electron chi connectivity index (χ1n) is 9.22. The molecule has 26 heavy (non-hydrogen) atoms. The number of piperazine rings is 1. The lowest BCUT2D eigenvalue weighted by Gasteiger charge is -2.31. The SMILES string of the molecule is Cc1cccc(O[C@H](C)C(=O)Nc2ccc(N3CC[NH+](C)CC3)cc2)c1. The van der Waals surface area contributed by atoms with Gasteiger partial charge in [0, 0.05) is 11.4 Å². The summed E-state index contributed by atoms with van der Waals surface area (Å²) in [5, 5.41) is 2.93. The number of carbonyl (C=O) groups is 1. The minimum Gasteiger partial charge on any atom is -0.481 e. The number of aryl methyl sites for hydroxylation is 1. The van der Waals surface area contributed by atoms with Gasteiger partial charge in [0.05, 0.1) is 33.2 Å². The van der Waals surface area contributed by atoms with Crippen LogP contribution in [0.3, 0.4) is 0 Å². The molecule has 0 saturated carbocycles. The maximum Gasteiger partial charge on any atom is 0.265 e. The summed E-state index contributed by atoms with van der Waals surface area (Å²) in [4.78, 5) is 16.3. The van der Waals surface area contributed by atoms with E-state index < -0.39 is 6.10 Å². The fourth-order valence-corrected chi connectivity index (χ4v) is 3.09. The third-order valence-electron chi connectivity index (χ3n) is 4.79. The van der Waals surface area contributed by atoms with Crippen LogP contribution in [0.25, 0.3) is 0 Å². The van der Waals surface area contributed by atoms with Crippen molar-refractivity contribution in [3.63, 3.8) is 0 Å². The first kappa shape index (κ1) is 18.3. The Hall–Kier alpha value is -2.53. The first-order chi connectivity index (χ1) is 12.5. The molecule has 0 radical (unpaired) electrons. The van der Waals surface area contributed by atoms with Crippen molar-refractivity contribution < 1.29 is 14.4 Å². The van der Waals surface area contributed by atoms with Crippen LogP contribution < -0.4 is 19.9 Å². The Labute approximate surface area is 155 Å². The van der Waals surface area contributed by atoms with Crippen molar-refractivity contribution in [1.82, 2.24) is 0 Å². The summed E-state index contributed by atoms with van der Waals surface area (Å²) in [6, 6.07) is 15.8. The van der Waals surface area contributed by atoms with Crippen molar-refractivity contribution in [2.75, 3.05) is 43.4 Å². The molecule has 5 heteroatoms. The van der Waals surface area contributed by atoms with E-state index in [1.54, 1.807) is 11.8 Å². The molecule has 0 spiro atoms. The second-order valence-corrected chi connectivity index (χ2v) is 7.06. The zero-order valence-corrected chi connectivity index (χ0v) is 15.8. The lowest BCUT2D eigenvalue weighted by Crippen LogP contribution is -3.12. The average molecular weight is 354 g/mol. The van der Waals surface area contributed by atoms with Gasteiger partial charge in [0.1, 0.15) is 5.75 Å². The number of quaternary nitrogens is 1. The zero-order valence-electron chi connectivity index (χ0n) is 15.8. The van der Waals surface area contributed by atoms with Gasteiger partial charge >= 0.3 is 0 Å². The quantitative estimate of drug-likeness (QED) is 0.860. The standard InChI is InChI=1S/C21H27N3O2/c1-16-5-4-6-20(15-16)26-17(2)21(25)22-18-7-9-19(10-8-18)24-13-11-23(3)12-14-24/h4-10,15,17H,11-14H2,1-3H3,(H,22,25)/p+1/t17-/m1/s1. The Morgan fingerprint density at radius 1 is 1.15 bits per heavy atom. The highest BCUT2D eigenvalue weighted by molar-refractivity contribution is 5.94. The number of benzene rings is 2. The van der Waals surface area contributed by atoms with Crippen LogP contribution in [0.15, 0.2) is 48.5 Å². The molecule has 0 unspecified atom stereocenters. The number of ether oxygens (including phenoxy) is 1. The molecule has 1 aliphatic rings. The van der Waals surface area contributed by atoms with Crippen molar-refractivity contribution in [2.45, 2.75) is 20.0 Å². The van der Waals surface area contributed by atoms with E-state index in [4.69, 9.17) is 4.74 Å². The highest BCUT2D eigenvalue weighted by Crippen LogP contribution is 2.19. The number of rotatable bonds is 5. The molecule has 1 saturated heterocycles. The van der Waals surface area contributed by atoms with Crippen molar-refractivity contribution in [2.24, 2.45) is 0 Å². The number of hydrogen-bond donors (Lipinski definition) is 2. The third-order valence-corrected chi connectivity index (χ3v) is 4.79. The van der Waals surface area contributed by atoms with E-state index in [1.165, 1.54) is 5.69 Å². The Bertz CT molecular complexity index is 737. The van der Waals surface area contributed by atoms with Gasteiger partial charge < -0.3 is 19.9 Å². The summed E-state index contributed by atoms with van der Waals surface area (Å²) in [7, 11) is 2.23. The van der Waals surface area contributed by atoms with E-state index in [-0.39, 0.29) is 5.91 Å². The molecule has 5 nitrogen and oxygen atoms in total. The largest absolute Gasteiger partial charge is 0.481 e. The minimum atomic E-state index is -0.558. The molecule has 1 fully saturated rings. The van der Waals surface area contributed by atoms with Crippen LogP contribution in [-0.2, 0) is 4.79 Å². The van der Waals surface area contributed by atoms with E-state index in [1.807, 2.05) is 43.3 Å². The molecule has 0 aromatic heterocycles. The Morgan fingerprint density at radius 3 is 2.50 bits per heavy atom. The monoisotopic (exact) mass is 354 g/mol. The number of carbonyl (C=O) groups excluding carboxylic acids is 1. The van der Waals surface area contributed by atoms with Gasteiger partial charge in [0.2, 0.25) is 0 Å². The van der Waals surface area contributed by atoms with Gasteiger partial charge in [-0.3, -0.25) is 4.79 Å². The van der Waals surface area contributed by atoms with Crippen molar-refractivity contribution >= 4 is 17.3 Å². The normalized spacial score (nSPS) is 16.2. The van der Waals surface area contributed by atoms with Gasteiger partial charge in [-0.05, 0) is 55.8 Å². The molecule has 0 bridgehead atoms. The molecule has 1 aliphatic heterocycles. The Kier molecular flexibility index (Phi) is 5.78. The second-order valence-electron chi connectivity index (χ2n) is 7.06. The van der Waals surface area contributed by atoms with Crippen LogP contribution in [0.1, 0.15) is 12.5 Å². The third kappa shape index (κ3) is 4.76. The molecule has 1 atom stereocenters. The van der Waals surface area contributed by atoms with E-state index in [0.29, 0.717) is 5.75 Å². The molecule has 1 amide bonds. The molecule has 2 aromatic carbocycles. The summed E-state index contributed by atoms with van der Waals surface area (Å²) in [5.74, 6) is 0.558. The predicted octanol–water partition coefficient (Wildman–Crippen LogP) is 1.74. The van der Waals surface area contributed by atoms with Gasteiger partial charge in [-0.25, -0.2) is 0 Å². The fraction of sp³-hybridized carbons (Fsp3) is 0.381. The van der Waals surface area contributed by atoms with Crippen LogP contribution in [0.5, 0.6) is 5.75 Å². The smallest absolute Gasteiger partial charge is 0.265 e. The predicted molar refractivity (Wildman–Crippen MR) is 105 cm³/mol. The summed E-state index contributed by atoms with van der Waals surface area (Å²) < 4.78 is 5.74. The van der Waals surface area contributed by atoms with Crippen molar-refractivity contribution in [3.05, 3.63) is 54.1 Å². The molecular formula is C21H28N3O2+.